The fraction of sp³-hybridized carbons (Fsp3) is 1.00. The average molecular weight is 243 g/mol. The van der Waals surface area contributed by atoms with Crippen LogP contribution in [0.15, 0.2) is 0 Å². The molecule has 0 aromatic heterocycles. The van der Waals surface area contributed by atoms with Gasteiger partial charge in [0.15, 0.2) is 0 Å². The Labute approximate surface area is 89.8 Å². The Morgan fingerprint density at radius 2 is 2.14 bits per heavy atom. The molecule has 0 aliphatic carbocycles. The van der Waals surface area contributed by atoms with Gasteiger partial charge in [0.25, 0.3) is 0 Å². The minimum Gasteiger partial charge on any atom is -0.380 e. The van der Waals surface area contributed by atoms with Crippen LogP contribution in [-0.4, -0.2) is 40.5 Å². The molecule has 0 amide bonds. The molecule has 1 unspecified atom stereocenters. The van der Waals surface area contributed by atoms with Crippen molar-refractivity contribution in [3.8, 4) is 0 Å². The van der Waals surface area contributed by atoms with E-state index >= 15 is 0 Å². The Balaban J connectivity index is 0.000000980. The summed E-state index contributed by atoms with van der Waals surface area (Å²) in [4.78, 5) is 0. The first-order valence-corrected chi connectivity index (χ1v) is 6.02. The van der Waals surface area contributed by atoms with Crippen LogP contribution in [0.2, 0.25) is 0 Å². The van der Waals surface area contributed by atoms with Crippen LogP contribution in [0.25, 0.3) is 0 Å². The maximum Gasteiger partial charge on any atom is 0.209 e. The van der Waals surface area contributed by atoms with E-state index in [0.717, 1.165) is 13.1 Å². The molecule has 2 heterocycles. The van der Waals surface area contributed by atoms with Crippen LogP contribution in [-0.2, 0) is 14.8 Å². The first-order chi connectivity index (χ1) is 6.02. The summed E-state index contributed by atoms with van der Waals surface area (Å²) in [5.41, 5.74) is 0.0481. The molecule has 0 bridgehead atoms. The molecule has 2 aliphatic rings. The Morgan fingerprint density at radius 3 is 2.57 bits per heavy atom. The lowest BCUT2D eigenvalue weighted by Crippen LogP contribution is -2.50. The molecular weight excluding hydrogens is 228 g/mol. The summed E-state index contributed by atoms with van der Waals surface area (Å²) >= 11 is 0. The summed E-state index contributed by atoms with van der Waals surface area (Å²) in [6, 6.07) is 0. The average Bonchev–Trinajstić information content (AvgIpc) is 2.25. The number of nitrogens with two attached hydrogens (primary N) is 1. The summed E-state index contributed by atoms with van der Waals surface area (Å²) in [5.74, 6) is 0.194. The van der Waals surface area contributed by atoms with Crippen LogP contribution in [0.3, 0.4) is 0 Å². The summed E-state index contributed by atoms with van der Waals surface area (Å²) in [5, 5.41) is 8.21. The molecule has 2 fully saturated rings. The van der Waals surface area contributed by atoms with Gasteiger partial charge in [0.05, 0.1) is 19.0 Å². The van der Waals surface area contributed by atoms with Crippen molar-refractivity contribution in [1.82, 2.24) is 5.32 Å². The molecule has 2 saturated heterocycles. The van der Waals surface area contributed by atoms with Gasteiger partial charge in [0.1, 0.15) is 0 Å². The summed E-state index contributed by atoms with van der Waals surface area (Å²) < 4.78 is 27.0. The van der Waals surface area contributed by atoms with Crippen LogP contribution in [0.4, 0.5) is 0 Å². The van der Waals surface area contributed by atoms with Gasteiger partial charge in [-0.25, -0.2) is 13.6 Å². The van der Waals surface area contributed by atoms with Crippen molar-refractivity contribution in [3.63, 3.8) is 0 Å². The van der Waals surface area contributed by atoms with Gasteiger partial charge in [0.2, 0.25) is 10.0 Å². The van der Waals surface area contributed by atoms with Gasteiger partial charge in [-0.1, -0.05) is 0 Å². The zero-order valence-corrected chi connectivity index (χ0v) is 9.36. The van der Waals surface area contributed by atoms with Gasteiger partial charge in [-0.3, -0.25) is 0 Å². The van der Waals surface area contributed by atoms with Gasteiger partial charge >= 0.3 is 0 Å². The molecule has 0 aromatic carbocycles. The summed E-state index contributed by atoms with van der Waals surface area (Å²) in [7, 11) is -3.35. The minimum atomic E-state index is -3.35. The monoisotopic (exact) mass is 242 g/mol. The maximum atomic E-state index is 10.9. The van der Waals surface area contributed by atoms with E-state index in [1.807, 2.05) is 0 Å². The zero-order valence-electron chi connectivity index (χ0n) is 7.73. The van der Waals surface area contributed by atoms with Crippen LogP contribution in [0, 0.1) is 11.3 Å². The molecule has 3 N–H and O–H groups in total. The number of nitrogens with one attached hydrogen (secondary N) is 1. The number of hydrogen-bond donors (Lipinski definition) is 2. The van der Waals surface area contributed by atoms with Crippen molar-refractivity contribution < 1.29 is 13.2 Å². The number of halogens is 1. The fourth-order valence-electron chi connectivity index (χ4n) is 2.07. The molecular formula is C7H15ClN2O3S. The number of rotatable bonds is 2. The number of hydrogen-bond acceptors (Lipinski definition) is 4. The van der Waals surface area contributed by atoms with Crippen LogP contribution >= 0.6 is 12.4 Å². The van der Waals surface area contributed by atoms with Crippen LogP contribution in [0.5, 0.6) is 0 Å². The largest absolute Gasteiger partial charge is 0.380 e. The van der Waals surface area contributed by atoms with Gasteiger partial charge in [-0.05, 0) is 12.5 Å². The highest BCUT2D eigenvalue weighted by Crippen LogP contribution is 2.38. The van der Waals surface area contributed by atoms with E-state index in [1.165, 1.54) is 0 Å². The van der Waals surface area contributed by atoms with Crippen molar-refractivity contribution >= 4 is 22.4 Å². The van der Waals surface area contributed by atoms with Crippen molar-refractivity contribution in [2.24, 2.45) is 16.5 Å². The third-order valence-corrected chi connectivity index (χ3v) is 3.81. The third kappa shape index (κ3) is 2.20. The summed E-state index contributed by atoms with van der Waals surface area (Å²) in [6.45, 7) is 2.92. The predicted octanol–water partition coefficient (Wildman–Crippen LogP) is -1.07. The minimum absolute atomic E-state index is 0. The molecule has 14 heavy (non-hydrogen) atoms. The second-order valence-electron chi connectivity index (χ2n) is 4.01. The number of ether oxygens (including phenoxy) is 1. The second kappa shape index (κ2) is 3.94. The summed E-state index contributed by atoms with van der Waals surface area (Å²) in [6.07, 6.45) is 0. The van der Waals surface area contributed by atoms with Gasteiger partial charge in [-0.2, -0.15) is 0 Å². The lowest BCUT2D eigenvalue weighted by atomic mass is 9.77. The molecule has 0 radical (unpaired) electrons. The van der Waals surface area contributed by atoms with Crippen molar-refractivity contribution in [3.05, 3.63) is 0 Å². The van der Waals surface area contributed by atoms with E-state index in [2.05, 4.69) is 5.32 Å². The molecule has 7 heteroatoms. The van der Waals surface area contributed by atoms with Crippen molar-refractivity contribution in [2.75, 3.05) is 32.1 Å². The number of primary sulfonamides is 1. The van der Waals surface area contributed by atoms with E-state index in [9.17, 15) is 8.42 Å². The van der Waals surface area contributed by atoms with Crippen LogP contribution < -0.4 is 10.5 Å². The molecule has 2 aliphatic heterocycles. The molecule has 0 aromatic rings. The quantitative estimate of drug-likeness (QED) is 0.646. The molecule has 0 saturated carbocycles. The highest BCUT2D eigenvalue weighted by atomic mass is 35.5. The Hall–Kier alpha value is 0.120. The lowest BCUT2D eigenvalue weighted by Gasteiger charge is -2.41. The van der Waals surface area contributed by atoms with Crippen molar-refractivity contribution in [2.45, 2.75) is 0 Å². The first-order valence-electron chi connectivity index (χ1n) is 4.31. The SMILES string of the molecule is Cl.NS(=O)(=O)CC1CNCC12COC2. The first kappa shape index (κ1) is 12.2. The molecule has 5 nitrogen and oxygen atoms in total. The molecule has 2 rings (SSSR count). The molecule has 1 spiro atoms. The lowest BCUT2D eigenvalue weighted by molar-refractivity contribution is -0.120. The maximum absolute atomic E-state index is 10.9. The van der Waals surface area contributed by atoms with E-state index < -0.39 is 10.0 Å². The van der Waals surface area contributed by atoms with E-state index in [4.69, 9.17) is 9.88 Å². The smallest absolute Gasteiger partial charge is 0.209 e. The van der Waals surface area contributed by atoms with E-state index in [1.54, 1.807) is 0 Å². The molecule has 84 valence electrons. The zero-order chi connectivity index (χ0) is 9.53. The highest BCUT2D eigenvalue weighted by Gasteiger charge is 2.49. The van der Waals surface area contributed by atoms with Gasteiger partial charge < -0.3 is 10.1 Å². The topological polar surface area (TPSA) is 81.4 Å². The number of sulfonamides is 1. The standard InChI is InChI=1S/C7H14N2O3S.ClH/c8-13(10,11)2-6-1-9-3-7(6)4-12-5-7;/h6,9H,1-5H2,(H2,8,10,11);1H. The van der Waals surface area contributed by atoms with Gasteiger partial charge in [0, 0.05) is 12.0 Å². The highest BCUT2D eigenvalue weighted by molar-refractivity contribution is 7.89. The Morgan fingerprint density at radius 1 is 1.50 bits per heavy atom. The van der Waals surface area contributed by atoms with Crippen molar-refractivity contribution in [1.29, 1.82) is 0 Å². The molecule has 1 atom stereocenters. The van der Waals surface area contributed by atoms with E-state index in [0.29, 0.717) is 13.2 Å². The normalized spacial score (nSPS) is 29.6. The third-order valence-electron chi connectivity index (χ3n) is 2.95. The second-order valence-corrected chi connectivity index (χ2v) is 5.67. The Bertz CT molecular complexity index is 302. The van der Waals surface area contributed by atoms with E-state index in [-0.39, 0.29) is 29.5 Å². The van der Waals surface area contributed by atoms with Crippen LogP contribution in [0.1, 0.15) is 0 Å². The predicted molar refractivity (Wildman–Crippen MR) is 54.8 cm³/mol. The van der Waals surface area contributed by atoms with Gasteiger partial charge in [-0.15, -0.1) is 12.4 Å². The fourth-order valence-corrected chi connectivity index (χ4v) is 3.11. The Kier molecular flexibility index (Phi) is 3.43.